The second kappa shape index (κ2) is 17.9. The Balaban J connectivity index is 0.000000183. The average molecular weight is 972 g/mol. The van der Waals surface area contributed by atoms with Crippen LogP contribution in [0.25, 0.3) is 53.8 Å². The predicted molar refractivity (Wildman–Crippen MR) is 244 cm³/mol. The molecule has 3 nitrogen and oxygen atoms in total. The second-order valence-corrected chi connectivity index (χ2v) is 23.7. The molecule has 2 aliphatic carbocycles. The van der Waals surface area contributed by atoms with E-state index in [1.54, 1.807) is 17.2 Å². The van der Waals surface area contributed by atoms with E-state index in [2.05, 4.69) is 125 Å². The smallest absolute Gasteiger partial charge is 0.0798 e. The number of nitrogens with zero attached hydrogens (tertiary/aromatic N) is 3. The van der Waals surface area contributed by atoms with Crippen molar-refractivity contribution in [2.75, 3.05) is 0 Å². The summed E-state index contributed by atoms with van der Waals surface area (Å²) in [6.07, 6.45) is 15.8. The van der Waals surface area contributed by atoms with E-state index in [1.807, 2.05) is 29.7 Å². The van der Waals surface area contributed by atoms with Crippen LogP contribution in [0.3, 0.4) is 0 Å². The van der Waals surface area contributed by atoms with Crippen molar-refractivity contribution >= 4 is 44.8 Å². The van der Waals surface area contributed by atoms with Gasteiger partial charge in [0.25, 0.3) is 0 Å². The molecular formula is C52H53IrN3SSi-2. The number of aryl methyl sites for hydroxylation is 2. The van der Waals surface area contributed by atoms with Gasteiger partial charge >= 0.3 is 0 Å². The topological polar surface area (TPSA) is 49.6 Å². The second-order valence-electron chi connectivity index (χ2n) is 17.6. The third-order valence-electron chi connectivity index (χ3n) is 12.2. The van der Waals surface area contributed by atoms with Gasteiger partial charge in [-0.3, -0.25) is 0 Å². The van der Waals surface area contributed by atoms with Gasteiger partial charge in [-0.05, 0) is 123 Å². The number of pyridine rings is 2. The first-order valence-corrected chi connectivity index (χ1v) is 25.2. The molecule has 297 valence electrons. The number of benzene rings is 4. The molecule has 0 N–H and O–H groups in total. The van der Waals surface area contributed by atoms with Crippen LogP contribution in [-0.2, 0) is 39.4 Å². The van der Waals surface area contributed by atoms with Gasteiger partial charge in [-0.1, -0.05) is 113 Å². The third kappa shape index (κ3) is 8.99. The van der Waals surface area contributed by atoms with Gasteiger partial charge in [0.2, 0.25) is 0 Å². The molecule has 58 heavy (non-hydrogen) atoms. The molecule has 1 radical (unpaired) electrons. The fraction of sp³-hybridized carbons (Fsp3) is 0.327. The van der Waals surface area contributed by atoms with Crippen LogP contribution in [0.4, 0.5) is 0 Å². The Bertz CT molecular complexity index is 2600. The number of hydrogen-bond acceptors (Lipinski definition) is 4. The van der Waals surface area contributed by atoms with Crippen molar-refractivity contribution in [3.05, 3.63) is 137 Å². The molecular weight excluding hydrogens is 919 g/mol. The Morgan fingerprint density at radius 1 is 0.810 bits per heavy atom. The fourth-order valence-corrected chi connectivity index (χ4v) is 11.8. The Labute approximate surface area is 364 Å². The quantitative estimate of drug-likeness (QED) is 0.118. The van der Waals surface area contributed by atoms with Crippen LogP contribution >= 0.6 is 11.3 Å². The first-order valence-electron chi connectivity index (χ1n) is 20.9. The van der Waals surface area contributed by atoms with Gasteiger partial charge in [-0.2, -0.15) is 11.3 Å². The molecule has 7 aromatic rings. The Kier molecular flexibility index (Phi) is 13.0. The molecule has 0 saturated heterocycles. The summed E-state index contributed by atoms with van der Waals surface area (Å²) in [5.41, 5.74) is 14.7. The van der Waals surface area contributed by atoms with Gasteiger partial charge in [-0.25, -0.2) is 5.26 Å². The molecule has 0 aliphatic heterocycles. The molecule has 0 atom stereocenters. The van der Waals surface area contributed by atoms with Gasteiger partial charge in [-0.15, -0.1) is 53.6 Å². The minimum Gasteiger partial charge on any atom is -0.305 e. The third-order valence-corrected chi connectivity index (χ3v) is 15.3. The zero-order valence-corrected chi connectivity index (χ0v) is 39.0. The molecule has 9 rings (SSSR count). The number of rotatable bonds is 7. The molecule has 3 aromatic heterocycles. The number of thiophene rings is 1. The average Bonchev–Trinajstić information content (AvgIpc) is 3.87. The molecule has 4 aromatic carbocycles. The number of hydrogen-bond donors (Lipinski definition) is 0. The van der Waals surface area contributed by atoms with Gasteiger partial charge in [0, 0.05) is 43.3 Å². The molecule has 0 unspecified atom stereocenters. The van der Waals surface area contributed by atoms with Crippen LogP contribution < -0.4 is 5.19 Å². The van der Waals surface area contributed by atoms with Crippen molar-refractivity contribution in [2.24, 2.45) is 5.92 Å². The van der Waals surface area contributed by atoms with Crippen LogP contribution in [0.1, 0.15) is 91.7 Å². The molecule has 1 saturated carbocycles. The maximum atomic E-state index is 8.95. The summed E-state index contributed by atoms with van der Waals surface area (Å²) in [5.74, 6) is 1.32. The molecule has 0 bridgehead atoms. The summed E-state index contributed by atoms with van der Waals surface area (Å²) in [5, 5.41) is 13.1. The van der Waals surface area contributed by atoms with E-state index in [1.165, 1.54) is 111 Å². The van der Waals surface area contributed by atoms with Crippen LogP contribution in [-0.4, -0.2) is 18.0 Å². The minimum atomic E-state index is -1.40. The Morgan fingerprint density at radius 2 is 1.57 bits per heavy atom. The minimum absolute atomic E-state index is 0. The van der Waals surface area contributed by atoms with Crippen LogP contribution in [0, 0.1) is 36.3 Å². The van der Waals surface area contributed by atoms with Crippen LogP contribution in [0.5, 0.6) is 0 Å². The van der Waals surface area contributed by atoms with Gasteiger partial charge < -0.3 is 9.97 Å². The first kappa shape index (κ1) is 41.9. The zero-order valence-electron chi connectivity index (χ0n) is 34.8. The normalized spacial score (nSPS) is 14.2. The largest absolute Gasteiger partial charge is 0.305 e. The van der Waals surface area contributed by atoms with Crippen LogP contribution in [0.15, 0.2) is 91.3 Å². The molecule has 1 fully saturated rings. The Hall–Kier alpha value is -4.24. The summed E-state index contributed by atoms with van der Waals surface area (Å²) in [6, 6.07) is 37.2. The van der Waals surface area contributed by atoms with E-state index >= 15 is 0 Å². The van der Waals surface area contributed by atoms with Gasteiger partial charge in [0.05, 0.1) is 8.07 Å². The SMILES string of the molecule is C[Si](C)(C)c1cnc(-c2[c-]cc(C#N)cc2)cc1CC1CCCC1.Cc1cnc(-c2[c-]cc3sc4cc(-c5cccc6c5CCCC6)ccc4c3c2)cc1C(C)C.[Ir]. The molecule has 0 spiro atoms. The number of nitriles is 1. The fourth-order valence-electron chi connectivity index (χ4n) is 9.06. The van der Waals surface area contributed by atoms with E-state index in [9.17, 15) is 0 Å². The summed E-state index contributed by atoms with van der Waals surface area (Å²) in [7, 11) is -1.40. The van der Waals surface area contributed by atoms with Crippen molar-refractivity contribution in [1.82, 2.24) is 9.97 Å². The van der Waals surface area contributed by atoms with Gasteiger partial charge in [0.15, 0.2) is 0 Å². The van der Waals surface area contributed by atoms with E-state index in [0.717, 1.165) is 28.4 Å². The summed E-state index contributed by atoms with van der Waals surface area (Å²) in [6.45, 7) is 13.8. The van der Waals surface area contributed by atoms with Gasteiger partial charge in [0.1, 0.15) is 0 Å². The molecule has 0 amide bonds. The van der Waals surface area contributed by atoms with Crippen molar-refractivity contribution in [1.29, 1.82) is 5.26 Å². The van der Waals surface area contributed by atoms with Crippen molar-refractivity contribution < 1.29 is 20.1 Å². The number of aromatic nitrogens is 2. The van der Waals surface area contributed by atoms with Crippen LogP contribution in [0.2, 0.25) is 19.6 Å². The van der Waals surface area contributed by atoms with E-state index in [-0.39, 0.29) is 20.1 Å². The summed E-state index contributed by atoms with van der Waals surface area (Å²) < 4.78 is 2.64. The van der Waals surface area contributed by atoms with E-state index in [0.29, 0.717) is 11.5 Å². The maximum absolute atomic E-state index is 8.95. The maximum Gasteiger partial charge on any atom is 0.0798 e. The zero-order chi connectivity index (χ0) is 39.7. The molecule has 3 heterocycles. The summed E-state index contributed by atoms with van der Waals surface area (Å²) >= 11 is 1.87. The first-order chi connectivity index (χ1) is 27.6. The van der Waals surface area contributed by atoms with Crippen molar-refractivity contribution in [3.63, 3.8) is 0 Å². The van der Waals surface area contributed by atoms with E-state index < -0.39 is 8.07 Å². The molecule has 2 aliphatic rings. The monoisotopic (exact) mass is 972 g/mol. The van der Waals surface area contributed by atoms with E-state index in [4.69, 9.17) is 15.2 Å². The van der Waals surface area contributed by atoms with Crippen molar-refractivity contribution in [3.8, 4) is 39.7 Å². The number of fused-ring (bicyclic) bond motifs is 4. The standard InChI is InChI=1S/C31H28NS.C21H25N2Si.Ir/c1-19(2)27-17-29(32-18-20(27)3)23-12-14-30-28(15-23)26-13-11-22(16-31(26)33-30)25-10-6-8-21-7-4-5-9-24(21)25;1-24(2,3)21-15-23-20(18-10-8-17(14-22)9-11-18)13-19(21)12-16-6-4-5-7-16;/h6,8,10-11,13-19H,4-5,7,9H2,1-3H3;8-10,13,15-16H,4-7,12H2,1-3H3;/q2*-1;. The Morgan fingerprint density at radius 3 is 2.31 bits per heavy atom. The molecule has 6 heteroatoms. The predicted octanol–water partition coefficient (Wildman–Crippen LogP) is 13.6. The van der Waals surface area contributed by atoms with Crippen molar-refractivity contribution in [2.45, 2.75) is 104 Å². The summed E-state index contributed by atoms with van der Waals surface area (Å²) in [4.78, 5) is 9.46.